The molecule has 118 valence electrons. The van der Waals surface area contributed by atoms with E-state index < -0.39 is 0 Å². The topological polar surface area (TPSA) is 38.0 Å². The molecule has 2 nitrogen and oxygen atoms in total. The largest absolute Gasteiger partial charge is 0.323 e. The molecule has 0 bridgehead atoms. The third-order valence-corrected chi connectivity index (χ3v) is 4.88. The van der Waals surface area contributed by atoms with Gasteiger partial charge in [0.15, 0.2) is 0 Å². The molecule has 0 saturated heterocycles. The Morgan fingerprint density at radius 1 is 1.14 bits per heavy atom. The van der Waals surface area contributed by atoms with Gasteiger partial charge in [-0.15, -0.1) is 0 Å². The molecule has 0 radical (unpaired) electrons. The molecular formula is C19H32N2. The maximum absolute atomic E-state index is 6.31. The average Bonchev–Trinajstić information content (AvgIpc) is 2.87. The highest BCUT2D eigenvalue weighted by atomic mass is 14.9. The van der Waals surface area contributed by atoms with Gasteiger partial charge in [0.2, 0.25) is 0 Å². The van der Waals surface area contributed by atoms with Gasteiger partial charge in [0.05, 0.1) is 0 Å². The van der Waals surface area contributed by atoms with Crippen LogP contribution in [-0.2, 0) is 0 Å². The van der Waals surface area contributed by atoms with Crippen molar-refractivity contribution in [2.45, 2.75) is 58.9 Å². The summed E-state index contributed by atoms with van der Waals surface area (Å²) in [6.45, 7) is 8.81. The molecule has 0 aromatic heterocycles. The molecule has 1 atom stereocenters. The van der Waals surface area contributed by atoms with Crippen molar-refractivity contribution >= 4 is 0 Å². The maximum Gasteiger partial charge on any atom is 0.0421 e. The highest BCUT2D eigenvalue weighted by molar-refractivity contribution is 5.24. The van der Waals surface area contributed by atoms with Crippen LogP contribution in [0, 0.1) is 18.3 Å². The summed E-state index contributed by atoms with van der Waals surface area (Å²) in [6.07, 6.45) is 6.92. The quantitative estimate of drug-likeness (QED) is 0.789. The second kappa shape index (κ2) is 7.42. The predicted octanol–water partition coefficient (Wildman–Crippen LogP) is 4.19. The Kier molecular flexibility index (Phi) is 5.83. The van der Waals surface area contributed by atoms with Crippen molar-refractivity contribution in [3.63, 3.8) is 0 Å². The molecule has 1 unspecified atom stereocenters. The third kappa shape index (κ3) is 4.82. The Bertz CT molecular complexity index is 416. The van der Waals surface area contributed by atoms with Crippen LogP contribution in [0.15, 0.2) is 24.3 Å². The van der Waals surface area contributed by atoms with Gasteiger partial charge in [0.25, 0.3) is 0 Å². The number of nitrogens with one attached hydrogen (secondary N) is 1. The highest BCUT2D eigenvalue weighted by Crippen LogP contribution is 2.42. The minimum atomic E-state index is 0.100. The van der Waals surface area contributed by atoms with Crippen LogP contribution in [-0.4, -0.2) is 13.1 Å². The Labute approximate surface area is 130 Å². The van der Waals surface area contributed by atoms with Gasteiger partial charge < -0.3 is 11.1 Å². The second-order valence-corrected chi connectivity index (χ2v) is 7.45. The monoisotopic (exact) mass is 288 g/mol. The van der Waals surface area contributed by atoms with E-state index in [9.17, 15) is 0 Å². The molecule has 1 saturated carbocycles. The van der Waals surface area contributed by atoms with E-state index >= 15 is 0 Å². The molecule has 2 heteroatoms. The Balaban J connectivity index is 1.83. The molecule has 0 heterocycles. The fourth-order valence-corrected chi connectivity index (χ4v) is 3.87. The molecule has 0 amide bonds. The lowest BCUT2D eigenvalue weighted by atomic mass is 9.78. The number of nitrogens with two attached hydrogens (primary N) is 1. The Morgan fingerprint density at radius 3 is 2.33 bits per heavy atom. The molecule has 1 fully saturated rings. The molecule has 21 heavy (non-hydrogen) atoms. The Hall–Kier alpha value is -0.860. The summed E-state index contributed by atoms with van der Waals surface area (Å²) in [6, 6.07) is 8.70. The number of rotatable bonds is 7. The fraction of sp³-hybridized carbons (Fsp3) is 0.684. The van der Waals surface area contributed by atoms with Gasteiger partial charge in [-0.2, -0.15) is 0 Å². The number of aryl methyl sites for hydroxylation is 1. The summed E-state index contributed by atoms with van der Waals surface area (Å²) < 4.78 is 0. The van der Waals surface area contributed by atoms with Crippen molar-refractivity contribution in [1.82, 2.24) is 5.32 Å². The van der Waals surface area contributed by atoms with Crippen LogP contribution in [0.1, 0.15) is 63.1 Å². The average molecular weight is 288 g/mol. The maximum atomic E-state index is 6.31. The lowest BCUT2D eigenvalue weighted by Crippen LogP contribution is -2.37. The van der Waals surface area contributed by atoms with Crippen molar-refractivity contribution in [2.75, 3.05) is 13.1 Å². The van der Waals surface area contributed by atoms with E-state index in [1.54, 1.807) is 0 Å². The van der Waals surface area contributed by atoms with Crippen molar-refractivity contribution < 1.29 is 0 Å². The van der Waals surface area contributed by atoms with E-state index in [4.69, 9.17) is 5.73 Å². The summed E-state index contributed by atoms with van der Waals surface area (Å²) in [4.78, 5) is 0. The van der Waals surface area contributed by atoms with Gasteiger partial charge in [-0.1, -0.05) is 56.5 Å². The van der Waals surface area contributed by atoms with Crippen LogP contribution in [0.5, 0.6) is 0 Å². The number of hydrogen-bond acceptors (Lipinski definition) is 2. The molecule has 1 aliphatic carbocycles. The van der Waals surface area contributed by atoms with Crippen molar-refractivity contribution in [2.24, 2.45) is 17.1 Å². The van der Waals surface area contributed by atoms with Crippen molar-refractivity contribution in [1.29, 1.82) is 0 Å². The summed E-state index contributed by atoms with van der Waals surface area (Å²) in [5.74, 6) is 0.788. The van der Waals surface area contributed by atoms with Gasteiger partial charge in [-0.3, -0.25) is 0 Å². The molecule has 1 aromatic rings. The molecule has 3 N–H and O–H groups in total. The van der Waals surface area contributed by atoms with Gasteiger partial charge in [-0.25, -0.2) is 0 Å². The first-order valence-corrected chi connectivity index (χ1v) is 8.54. The normalized spacial score (nSPS) is 19.1. The van der Waals surface area contributed by atoms with E-state index in [-0.39, 0.29) is 6.04 Å². The third-order valence-electron chi connectivity index (χ3n) is 4.88. The van der Waals surface area contributed by atoms with Crippen molar-refractivity contribution in [3.8, 4) is 0 Å². The van der Waals surface area contributed by atoms with E-state index in [0.717, 1.165) is 19.0 Å². The lowest BCUT2D eigenvalue weighted by Gasteiger charge is -2.32. The first-order chi connectivity index (χ1) is 10.0. The van der Waals surface area contributed by atoms with E-state index in [2.05, 4.69) is 50.4 Å². The molecule has 1 aliphatic rings. The first-order valence-electron chi connectivity index (χ1n) is 8.54. The van der Waals surface area contributed by atoms with Crippen LogP contribution in [0.2, 0.25) is 0 Å². The zero-order valence-corrected chi connectivity index (χ0v) is 14.0. The minimum Gasteiger partial charge on any atom is -0.323 e. The predicted molar refractivity (Wildman–Crippen MR) is 91.3 cm³/mol. The summed E-state index contributed by atoms with van der Waals surface area (Å²) in [5, 5.41) is 3.66. The molecular weight excluding hydrogens is 256 g/mol. The summed E-state index contributed by atoms with van der Waals surface area (Å²) in [5.41, 5.74) is 9.37. The van der Waals surface area contributed by atoms with Crippen LogP contribution >= 0.6 is 0 Å². The number of benzene rings is 1. The SMILES string of the molecule is Cc1ccc(C(N)CNCC2(CC(C)C)CCCC2)cc1. The standard InChI is InChI=1S/C19H32N2/c1-15(2)12-19(10-4-5-11-19)14-21-13-18(20)17-8-6-16(3)7-9-17/h6-9,15,18,21H,4-5,10-14,20H2,1-3H3. The van der Waals surface area contributed by atoms with Gasteiger partial charge in [-0.05, 0) is 43.1 Å². The van der Waals surface area contributed by atoms with Crippen LogP contribution in [0.25, 0.3) is 0 Å². The van der Waals surface area contributed by atoms with E-state index in [1.165, 1.54) is 43.2 Å². The Morgan fingerprint density at radius 2 is 1.76 bits per heavy atom. The molecule has 0 aliphatic heterocycles. The summed E-state index contributed by atoms with van der Waals surface area (Å²) in [7, 11) is 0. The first kappa shape index (κ1) is 16.5. The second-order valence-electron chi connectivity index (χ2n) is 7.45. The smallest absolute Gasteiger partial charge is 0.0421 e. The van der Waals surface area contributed by atoms with E-state index in [0.29, 0.717) is 5.41 Å². The zero-order valence-electron chi connectivity index (χ0n) is 14.0. The van der Waals surface area contributed by atoms with Gasteiger partial charge >= 0.3 is 0 Å². The molecule has 1 aromatic carbocycles. The molecule has 2 rings (SSSR count). The lowest BCUT2D eigenvalue weighted by molar-refractivity contribution is 0.223. The summed E-state index contributed by atoms with van der Waals surface area (Å²) >= 11 is 0. The van der Waals surface area contributed by atoms with Crippen molar-refractivity contribution in [3.05, 3.63) is 35.4 Å². The molecule has 0 spiro atoms. The number of hydrogen-bond donors (Lipinski definition) is 2. The van der Waals surface area contributed by atoms with Gasteiger partial charge in [0.1, 0.15) is 0 Å². The minimum absolute atomic E-state index is 0.100. The zero-order chi connectivity index (χ0) is 15.3. The van der Waals surface area contributed by atoms with Crippen LogP contribution < -0.4 is 11.1 Å². The highest BCUT2D eigenvalue weighted by Gasteiger charge is 2.33. The van der Waals surface area contributed by atoms with E-state index in [1.807, 2.05) is 0 Å². The fourth-order valence-electron chi connectivity index (χ4n) is 3.87. The van der Waals surface area contributed by atoms with Gasteiger partial charge in [0, 0.05) is 19.1 Å². The van der Waals surface area contributed by atoms with Crippen LogP contribution in [0.3, 0.4) is 0 Å². The van der Waals surface area contributed by atoms with Crippen LogP contribution in [0.4, 0.5) is 0 Å².